The molecule has 1 aliphatic heterocycles. The molecule has 0 N–H and O–H groups in total. The zero-order valence-electron chi connectivity index (χ0n) is 13.3. The Morgan fingerprint density at radius 2 is 1.92 bits per heavy atom. The van der Waals surface area contributed by atoms with Crippen molar-refractivity contribution in [1.82, 2.24) is 0 Å². The zero-order valence-corrected chi connectivity index (χ0v) is 13.3. The molecule has 134 valence electrons. The molecule has 1 heterocycles. The van der Waals surface area contributed by atoms with Crippen molar-refractivity contribution in [3.8, 4) is 5.75 Å². The zero-order chi connectivity index (χ0) is 18.8. The van der Waals surface area contributed by atoms with E-state index in [-0.39, 0.29) is 11.4 Å². The number of hydrogen-bond acceptors (Lipinski definition) is 6. The predicted octanol–water partition coefficient (Wildman–Crippen LogP) is 2.61. The first-order valence-electron chi connectivity index (χ1n) is 7.51. The molecule has 0 bridgehead atoms. The van der Waals surface area contributed by atoms with Gasteiger partial charge in [-0.3, -0.25) is 25.0 Å². The number of hydrogen-bond donors (Lipinski definition) is 0. The molecule has 0 saturated carbocycles. The largest absolute Gasteiger partial charge is 0.477 e. The smallest absolute Gasteiger partial charge is 0.311 e. The van der Waals surface area contributed by atoms with E-state index in [1.807, 2.05) is 0 Å². The van der Waals surface area contributed by atoms with Gasteiger partial charge in [-0.15, -0.1) is 0 Å². The second-order valence-electron chi connectivity index (χ2n) is 5.52. The van der Waals surface area contributed by atoms with E-state index in [0.717, 1.165) is 18.2 Å². The summed E-state index contributed by atoms with van der Waals surface area (Å²) in [6, 6.07) is 6.90. The van der Waals surface area contributed by atoms with Crippen LogP contribution in [0.1, 0.15) is 5.56 Å². The van der Waals surface area contributed by atoms with Gasteiger partial charge < -0.3 is 9.64 Å². The quantitative estimate of drug-likeness (QED) is 0.597. The summed E-state index contributed by atoms with van der Waals surface area (Å²) in [5.74, 6) is -1.56. The summed E-state index contributed by atoms with van der Waals surface area (Å²) in [6.45, 7) is -0.218. The molecule has 0 radical (unpaired) electrons. The monoisotopic (exact) mass is 361 g/mol. The van der Waals surface area contributed by atoms with Crippen LogP contribution in [0.2, 0.25) is 0 Å². The maximum atomic E-state index is 13.3. The number of fused-ring (bicyclic) bond motifs is 1. The molecule has 0 aliphatic carbocycles. The van der Waals surface area contributed by atoms with Crippen LogP contribution >= 0.6 is 0 Å². The summed E-state index contributed by atoms with van der Waals surface area (Å²) in [7, 11) is 0. The van der Waals surface area contributed by atoms with E-state index in [9.17, 15) is 29.4 Å². The molecule has 2 aromatic rings. The lowest BCUT2D eigenvalue weighted by Crippen LogP contribution is -2.33. The second kappa shape index (κ2) is 6.75. The van der Waals surface area contributed by atoms with Crippen LogP contribution in [0.4, 0.5) is 21.5 Å². The molecule has 1 amide bonds. The number of halogens is 1. The molecule has 0 aromatic heterocycles. The van der Waals surface area contributed by atoms with Gasteiger partial charge in [0.15, 0.2) is 6.61 Å². The summed E-state index contributed by atoms with van der Waals surface area (Å²) in [4.78, 5) is 34.2. The van der Waals surface area contributed by atoms with Crippen molar-refractivity contribution in [3.05, 3.63) is 68.0 Å². The third-order valence-electron chi connectivity index (χ3n) is 3.94. The first kappa shape index (κ1) is 17.3. The molecule has 0 atom stereocenters. The summed E-state index contributed by atoms with van der Waals surface area (Å²) < 4.78 is 18.4. The second-order valence-corrected chi connectivity index (χ2v) is 5.52. The van der Waals surface area contributed by atoms with Crippen LogP contribution < -0.4 is 9.64 Å². The summed E-state index contributed by atoms with van der Waals surface area (Å²) in [5.41, 5.74) is 0.670. The minimum absolute atomic E-state index is 0.0651. The molecule has 10 heteroatoms. The van der Waals surface area contributed by atoms with E-state index in [1.165, 1.54) is 23.1 Å². The Balaban J connectivity index is 1.74. The molecular weight excluding hydrogens is 349 g/mol. The first-order valence-corrected chi connectivity index (χ1v) is 7.51. The third kappa shape index (κ3) is 3.29. The fraction of sp³-hybridized carbons (Fsp3) is 0.188. The average Bonchev–Trinajstić information content (AvgIpc) is 3.02. The van der Waals surface area contributed by atoms with E-state index in [1.54, 1.807) is 0 Å². The van der Waals surface area contributed by atoms with Gasteiger partial charge in [0.25, 0.3) is 11.6 Å². The lowest BCUT2D eigenvalue weighted by Gasteiger charge is -2.17. The highest BCUT2D eigenvalue weighted by atomic mass is 19.1. The van der Waals surface area contributed by atoms with Gasteiger partial charge in [-0.2, -0.15) is 0 Å². The molecule has 1 aliphatic rings. The SMILES string of the molecule is O=C(COc1cc(F)ccc1[N+](=O)[O-])N1CCc2cc([N+](=O)[O-])ccc21. The van der Waals surface area contributed by atoms with Gasteiger partial charge in [0, 0.05) is 36.5 Å². The van der Waals surface area contributed by atoms with E-state index in [2.05, 4.69) is 0 Å². The highest BCUT2D eigenvalue weighted by Gasteiger charge is 2.27. The maximum absolute atomic E-state index is 13.3. The minimum Gasteiger partial charge on any atom is -0.477 e. The summed E-state index contributed by atoms with van der Waals surface area (Å²) in [5, 5.41) is 21.7. The fourth-order valence-corrected chi connectivity index (χ4v) is 2.73. The van der Waals surface area contributed by atoms with E-state index in [0.29, 0.717) is 24.2 Å². The van der Waals surface area contributed by atoms with Crippen LogP contribution in [0.5, 0.6) is 5.75 Å². The van der Waals surface area contributed by atoms with Crippen LogP contribution in [0.25, 0.3) is 0 Å². The number of ether oxygens (including phenoxy) is 1. The van der Waals surface area contributed by atoms with Crippen LogP contribution in [0.3, 0.4) is 0 Å². The number of nitrogens with zero attached hydrogens (tertiary/aromatic N) is 3. The van der Waals surface area contributed by atoms with Crippen LogP contribution in [-0.4, -0.2) is 28.9 Å². The Morgan fingerprint density at radius 3 is 2.62 bits per heavy atom. The molecule has 3 rings (SSSR count). The minimum atomic E-state index is -0.733. The van der Waals surface area contributed by atoms with Gasteiger partial charge >= 0.3 is 5.69 Å². The van der Waals surface area contributed by atoms with Crippen LogP contribution in [-0.2, 0) is 11.2 Å². The van der Waals surface area contributed by atoms with E-state index < -0.39 is 33.9 Å². The van der Waals surface area contributed by atoms with Crippen LogP contribution in [0.15, 0.2) is 36.4 Å². The standard InChI is InChI=1S/C16H12FN3O6/c17-11-1-3-14(20(24)25)15(8-11)26-9-16(21)18-6-5-10-7-12(19(22)23)2-4-13(10)18/h1-4,7-8H,5-6,9H2. The third-order valence-corrected chi connectivity index (χ3v) is 3.94. The number of nitro groups is 2. The van der Waals surface area contributed by atoms with E-state index >= 15 is 0 Å². The molecule has 0 spiro atoms. The van der Waals surface area contributed by atoms with Crippen molar-refractivity contribution < 1.29 is 23.8 Å². The topological polar surface area (TPSA) is 116 Å². The van der Waals surface area contributed by atoms with Crippen LogP contribution in [0, 0.1) is 26.0 Å². The number of benzene rings is 2. The normalized spacial score (nSPS) is 12.6. The van der Waals surface area contributed by atoms with Crippen molar-refractivity contribution in [2.75, 3.05) is 18.1 Å². The Morgan fingerprint density at radius 1 is 1.15 bits per heavy atom. The van der Waals surface area contributed by atoms with Gasteiger partial charge in [-0.05, 0) is 24.1 Å². The van der Waals surface area contributed by atoms with Gasteiger partial charge in [-0.1, -0.05) is 0 Å². The lowest BCUT2D eigenvalue weighted by atomic mass is 10.1. The van der Waals surface area contributed by atoms with Crippen molar-refractivity contribution in [2.45, 2.75) is 6.42 Å². The highest BCUT2D eigenvalue weighted by molar-refractivity contribution is 5.96. The van der Waals surface area contributed by atoms with Crippen molar-refractivity contribution >= 4 is 23.0 Å². The molecule has 26 heavy (non-hydrogen) atoms. The Labute approximate surface area is 145 Å². The van der Waals surface area contributed by atoms with E-state index in [4.69, 9.17) is 4.74 Å². The lowest BCUT2D eigenvalue weighted by molar-refractivity contribution is -0.385. The van der Waals surface area contributed by atoms with Gasteiger partial charge in [0.1, 0.15) is 5.82 Å². The van der Waals surface area contributed by atoms with Gasteiger partial charge in [0.2, 0.25) is 5.75 Å². The van der Waals surface area contributed by atoms with Gasteiger partial charge in [0.05, 0.1) is 9.85 Å². The number of nitro benzene ring substituents is 2. The molecule has 0 unspecified atom stereocenters. The van der Waals surface area contributed by atoms with Gasteiger partial charge in [-0.25, -0.2) is 4.39 Å². The van der Waals surface area contributed by atoms with Crippen molar-refractivity contribution in [1.29, 1.82) is 0 Å². The number of amides is 1. The summed E-state index contributed by atoms with van der Waals surface area (Å²) >= 11 is 0. The number of carbonyl (C=O) groups excluding carboxylic acids is 1. The first-order chi connectivity index (χ1) is 12.4. The highest BCUT2D eigenvalue weighted by Crippen LogP contribution is 2.32. The number of carbonyl (C=O) groups is 1. The van der Waals surface area contributed by atoms with Crippen molar-refractivity contribution in [2.24, 2.45) is 0 Å². The predicted molar refractivity (Wildman–Crippen MR) is 87.7 cm³/mol. The molecule has 9 nitrogen and oxygen atoms in total. The number of non-ortho nitro benzene ring substituents is 1. The fourth-order valence-electron chi connectivity index (χ4n) is 2.73. The average molecular weight is 361 g/mol. The molecule has 0 fully saturated rings. The Bertz CT molecular complexity index is 917. The summed E-state index contributed by atoms with van der Waals surface area (Å²) in [6.07, 6.45) is 0.447. The Kier molecular flexibility index (Phi) is 4.48. The Hall–Kier alpha value is -3.56. The number of rotatable bonds is 5. The molecule has 2 aromatic carbocycles. The molecule has 0 saturated heterocycles. The molecular formula is C16H12FN3O6. The van der Waals surface area contributed by atoms with Crippen molar-refractivity contribution in [3.63, 3.8) is 0 Å². The number of anilines is 1. The maximum Gasteiger partial charge on any atom is 0.311 e.